The molecule has 7 heteroatoms. The monoisotopic (exact) mass is 456 g/mol. The molecule has 1 atom stereocenters. The van der Waals surface area contributed by atoms with Gasteiger partial charge in [0, 0.05) is 37.1 Å². The third-order valence-electron chi connectivity index (χ3n) is 6.91. The molecular weight excluding hydrogens is 424 g/mol. The van der Waals surface area contributed by atoms with Crippen molar-refractivity contribution in [1.82, 2.24) is 24.5 Å². The largest absolute Gasteiger partial charge is 0.343 e. The number of carbonyl (C=O) groups is 1. The fourth-order valence-electron chi connectivity index (χ4n) is 4.99. The van der Waals surface area contributed by atoms with Crippen LogP contribution >= 0.6 is 0 Å². The SMILES string of the molecule is CCN(CC)C(=O)[C@H]1CCCN(c2nc3ccc(C)cc3c3nnc(-c4ccc(C)cc4)n23)C1. The number of amides is 1. The molecule has 34 heavy (non-hydrogen) atoms. The maximum atomic E-state index is 13.2. The molecule has 1 amide bonds. The second-order valence-electron chi connectivity index (χ2n) is 9.28. The number of hydrogen-bond donors (Lipinski definition) is 0. The van der Waals surface area contributed by atoms with E-state index in [1.165, 1.54) is 5.56 Å². The number of aromatic nitrogens is 4. The Morgan fingerprint density at radius 1 is 1.03 bits per heavy atom. The van der Waals surface area contributed by atoms with Crippen LogP contribution in [0.4, 0.5) is 5.95 Å². The average molecular weight is 457 g/mol. The van der Waals surface area contributed by atoms with Gasteiger partial charge in [-0.05, 0) is 52.7 Å². The standard InChI is InChI=1S/C27H32N6O/c1-5-31(6-2)26(34)21-8-7-15-32(17-21)27-28-23-14-11-19(4)16-22(23)25-30-29-24(33(25)27)20-12-9-18(3)10-13-20/h9-14,16,21H,5-8,15,17H2,1-4H3/t21-/m0/s1. The highest BCUT2D eigenvalue weighted by molar-refractivity contribution is 5.94. The van der Waals surface area contributed by atoms with E-state index in [-0.39, 0.29) is 11.8 Å². The van der Waals surface area contributed by atoms with Gasteiger partial charge in [-0.2, -0.15) is 0 Å². The minimum atomic E-state index is -0.0291. The minimum Gasteiger partial charge on any atom is -0.343 e. The molecule has 5 rings (SSSR count). The molecule has 0 bridgehead atoms. The topological polar surface area (TPSA) is 66.6 Å². The molecule has 0 spiro atoms. The van der Waals surface area contributed by atoms with Crippen LogP contribution in [0.5, 0.6) is 0 Å². The van der Waals surface area contributed by atoms with E-state index >= 15 is 0 Å². The Hall–Kier alpha value is -3.48. The third-order valence-corrected chi connectivity index (χ3v) is 6.91. The molecule has 176 valence electrons. The highest BCUT2D eigenvalue weighted by Crippen LogP contribution is 2.31. The molecule has 1 aliphatic rings. The summed E-state index contributed by atoms with van der Waals surface area (Å²) in [6.07, 6.45) is 1.86. The van der Waals surface area contributed by atoms with Crippen LogP contribution in [0.3, 0.4) is 0 Å². The van der Waals surface area contributed by atoms with Crippen molar-refractivity contribution in [2.45, 2.75) is 40.5 Å². The van der Waals surface area contributed by atoms with Crippen LogP contribution in [0.25, 0.3) is 27.9 Å². The molecule has 0 unspecified atom stereocenters. The van der Waals surface area contributed by atoms with Gasteiger partial charge in [-0.3, -0.25) is 4.79 Å². The Bertz CT molecular complexity index is 1340. The summed E-state index contributed by atoms with van der Waals surface area (Å²) in [4.78, 5) is 22.5. The van der Waals surface area contributed by atoms with E-state index in [4.69, 9.17) is 4.98 Å². The normalized spacial score (nSPS) is 16.4. The molecule has 2 aromatic carbocycles. The highest BCUT2D eigenvalue weighted by Gasteiger charge is 2.31. The lowest BCUT2D eigenvalue weighted by molar-refractivity contribution is -0.135. The number of anilines is 1. The summed E-state index contributed by atoms with van der Waals surface area (Å²) < 4.78 is 2.08. The molecule has 3 heterocycles. The van der Waals surface area contributed by atoms with Crippen molar-refractivity contribution in [3.8, 4) is 11.4 Å². The number of nitrogens with zero attached hydrogens (tertiary/aromatic N) is 6. The molecular formula is C27H32N6O. The summed E-state index contributed by atoms with van der Waals surface area (Å²) in [6.45, 7) is 11.2. The fourth-order valence-corrected chi connectivity index (χ4v) is 4.99. The minimum absolute atomic E-state index is 0.0291. The van der Waals surface area contributed by atoms with Gasteiger partial charge < -0.3 is 9.80 Å². The molecule has 7 nitrogen and oxygen atoms in total. The van der Waals surface area contributed by atoms with Gasteiger partial charge in [0.25, 0.3) is 0 Å². The van der Waals surface area contributed by atoms with Crippen molar-refractivity contribution in [3.05, 3.63) is 53.6 Å². The summed E-state index contributed by atoms with van der Waals surface area (Å²) in [6, 6.07) is 14.6. The van der Waals surface area contributed by atoms with Gasteiger partial charge in [0.05, 0.1) is 11.4 Å². The second kappa shape index (κ2) is 9.05. The molecule has 0 radical (unpaired) electrons. The lowest BCUT2D eigenvalue weighted by Gasteiger charge is -2.35. The molecule has 1 saturated heterocycles. The molecule has 0 aliphatic carbocycles. The molecule has 1 aliphatic heterocycles. The lowest BCUT2D eigenvalue weighted by atomic mass is 9.96. The number of fused-ring (bicyclic) bond motifs is 3. The van der Waals surface area contributed by atoms with Gasteiger partial charge >= 0.3 is 0 Å². The Morgan fingerprint density at radius 3 is 2.50 bits per heavy atom. The molecule has 4 aromatic rings. The maximum Gasteiger partial charge on any atom is 0.227 e. The second-order valence-corrected chi connectivity index (χ2v) is 9.28. The zero-order chi connectivity index (χ0) is 23.8. The first kappa shape index (κ1) is 22.3. The molecule has 2 aromatic heterocycles. The van der Waals surface area contributed by atoms with Gasteiger partial charge in [-0.15, -0.1) is 10.2 Å². The number of aryl methyl sites for hydroxylation is 2. The van der Waals surface area contributed by atoms with E-state index in [2.05, 4.69) is 75.8 Å². The number of benzene rings is 2. The summed E-state index contributed by atoms with van der Waals surface area (Å²) in [5, 5.41) is 10.2. The van der Waals surface area contributed by atoms with Crippen molar-refractivity contribution in [2.75, 3.05) is 31.1 Å². The van der Waals surface area contributed by atoms with Crippen LogP contribution in [-0.4, -0.2) is 56.6 Å². The summed E-state index contributed by atoms with van der Waals surface area (Å²) in [5.74, 6) is 1.80. The van der Waals surface area contributed by atoms with Crippen molar-refractivity contribution < 1.29 is 4.79 Å². The predicted octanol–water partition coefficient (Wildman–Crippen LogP) is 4.65. The highest BCUT2D eigenvalue weighted by atomic mass is 16.2. The smallest absolute Gasteiger partial charge is 0.227 e. The number of piperidine rings is 1. The van der Waals surface area contributed by atoms with Crippen LogP contribution < -0.4 is 4.90 Å². The van der Waals surface area contributed by atoms with E-state index in [1.54, 1.807) is 0 Å². The summed E-state index contributed by atoms with van der Waals surface area (Å²) >= 11 is 0. The van der Waals surface area contributed by atoms with Crippen molar-refractivity contribution in [2.24, 2.45) is 5.92 Å². The van der Waals surface area contributed by atoms with Crippen LogP contribution in [0.15, 0.2) is 42.5 Å². The van der Waals surface area contributed by atoms with Crippen LogP contribution in [-0.2, 0) is 4.79 Å². The number of rotatable bonds is 5. The molecule has 1 fully saturated rings. The van der Waals surface area contributed by atoms with Gasteiger partial charge in [0.2, 0.25) is 11.9 Å². The van der Waals surface area contributed by atoms with Crippen LogP contribution in [0.2, 0.25) is 0 Å². The van der Waals surface area contributed by atoms with Gasteiger partial charge in [0.15, 0.2) is 11.5 Å². The van der Waals surface area contributed by atoms with Crippen molar-refractivity contribution in [3.63, 3.8) is 0 Å². The molecule has 0 N–H and O–H groups in total. The van der Waals surface area contributed by atoms with Gasteiger partial charge in [0.1, 0.15) is 0 Å². The van der Waals surface area contributed by atoms with E-state index in [0.29, 0.717) is 6.54 Å². The first-order valence-corrected chi connectivity index (χ1v) is 12.3. The van der Waals surface area contributed by atoms with Crippen LogP contribution in [0, 0.1) is 19.8 Å². The van der Waals surface area contributed by atoms with E-state index in [0.717, 1.165) is 71.9 Å². The van der Waals surface area contributed by atoms with Crippen molar-refractivity contribution in [1.29, 1.82) is 0 Å². The third kappa shape index (κ3) is 3.89. The average Bonchev–Trinajstić information content (AvgIpc) is 3.30. The quantitative estimate of drug-likeness (QED) is 0.437. The molecule has 0 saturated carbocycles. The number of carbonyl (C=O) groups excluding carboxylic acids is 1. The Kier molecular flexibility index (Phi) is 5.94. The van der Waals surface area contributed by atoms with Crippen molar-refractivity contribution >= 4 is 28.4 Å². The van der Waals surface area contributed by atoms with E-state index < -0.39 is 0 Å². The van der Waals surface area contributed by atoms with E-state index in [1.807, 2.05) is 18.7 Å². The lowest BCUT2D eigenvalue weighted by Crippen LogP contribution is -2.45. The van der Waals surface area contributed by atoms with Gasteiger partial charge in [-0.25, -0.2) is 9.38 Å². The fraction of sp³-hybridized carbons (Fsp3) is 0.407. The predicted molar refractivity (Wildman–Crippen MR) is 136 cm³/mol. The number of hydrogen-bond acceptors (Lipinski definition) is 5. The summed E-state index contributed by atoms with van der Waals surface area (Å²) in [5.41, 5.74) is 5.06. The Labute approximate surface area is 200 Å². The first-order valence-electron chi connectivity index (χ1n) is 12.3. The first-order chi connectivity index (χ1) is 16.5. The van der Waals surface area contributed by atoms with Gasteiger partial charge in [-0.1, -0.05) is 41.5 Å². The zero-order valence-corrected chi connectivity index (χ0v) is 20.5. The van der Waals surface area contributed by atoms with Crippen LogP contribution in [0.1, 0.15) is 37.8 Å². The maximum absolute atomic E-state index is 13.2. The Balaban J connectivity index is 1.66. The zero-order valence-electron chi connectivity index (χ0n) is 20.5. The van der Waals surface area contributed by atoms with E-state index in [9.17, 15) is 4.79 Å². The Morgan fingerprint density at radius 2 is 1.76 bits per heavy atom. The summed E-state index contributed by atoms with van der Waals surface area (Å²) in [7, 11) is 0.